The van der Waals surface area contributed by atoms with Crippen molar-refractivity contribution in [1.29, 1.82) is 0 Å². The fourth-order valence-electron chi connectivity index (χ4n) is 2.82. The van der Waals surface area contributed by atoms with E-state index >= 15 is 0 Å². The number of carboxylic acids is 1. The number of halogens is 3. The first-order valence-corrected chi connectivity index (χ1v) is 8.84. The number of urea groups is 1. The number of carbonyl (C=O) groups is 3. The lowest BCUT2D eigenvalue weighted by Crippen LogP contribution is -2.66. The summed E-state index contributed by atoms with van der Waals surface area (Å²) >= 11 is 0. The Morgan fingerprint density at radius 1 is 1.14 bits per heavy atom. The SMILES string of the molecule is CC(C)(C)OC(=O)[N+]1(C(=O)Nc2ccc(C(F)(F)F)cc2C(=O)O)CCNCC1. The number of carboxylic acid groups (broad SMARTS) is 1. The van der Waals surface area contributed by atoms with Crippen LogP contribution in [-0.4, -0.2) is 59.5 Å². The number of aromatic carboxylic acids is 1. The third-order valence-electron chi connectivity index (χ3n) is 4.29. The van der Waals surface area contributed by atoms with Crippen LogP contribution in [0.15, 0.2) is 18.2 Å². The number of imide groups is 1. The minimum atomic E-state index is -4.74. The van der Waals surface area contributed by atoms with Crippen molar-refractivity contribution >= 4 is 23.8 Å². The molecule has 0 saturated carbocycles. The van der Waals surface area contributed by atoms with Crippen LogP contribution in [0.5, 0.6) is 0 Å². The van der Waals surface area contributed by atoms with E-state index in [9.17, 15) is 32.7 Å². The molecule has 0 spiro atoms. The molecule has 11 heteroatoms. The van der Waals surface area contributed by atoms with Crippen LogP contribution >= 0.6 is 0 Å². The first-order chi connectivity index (χ1) is 13.3. The van der Waals surface area contributed by atoms with Gasteiger partial charge in [-0.3, -0.25) is 5.32 Å². The summed E-state index contributed by atoms with van der Waals surface area (Å²) in [6.45, 7) is 5.66. The summed E-state index contributed by atoms with van der Waals surface area (Å²) in [7, 11) is 0. The van der Waals surface area contributed by atoms with Crippen LogP contribution in [0.4, 0.5) is 28.4 Å². The van der Waals surface area contributed by atoms with Crippen LogP contribution in [0, 0.1) is 0 Å². The number of piperazine rings is 1. The first kappa shape index (κ1) is 22.6. The molecule has 0 aromatic heterocycles. The maximum atomic E-state index is 13.0. The fourth-order valence-corrected chi connectivity index (χ4v) is 2.82. The Kier molecular flexibility index (Phi) is 6.24. The minimum Gasteiger partial charge on any atom is -0.478 e. The number of benzene rings is 1. The average molecular weight is 418 g/mol. The number of hydrogen-bond donors (Lipinski definition) is 3. The van der Waals surface area contributed by atoms with E-state index in [0.29, 0.717) is 25.2 Å². The number of nitrogens with one attached hydrogen (secondary N) is 2. The molecule has 3 N–H and O–H groups in total. The highest BCUT2D eigenvalue weighted by molar-refractivity contribution is 6.00. The number of alkyl halides is 3. The van der Waals surface area contributed by atoms with E-state index in [2.05, 4.69) is 10.6 Å². The second-order valence-electron chi connectivity index (χ2n) is 7.64. The maximum Gasteiger partial charge on any atom is 0.525 e. The van der Waals surface area contributed by atoms with Crippen LogP contribution in [0.25, 0.3) is 0 Å². The first-order valence-electron chi connectivity index (χ1n) is 8.84. The molecule has 8 nitrogen and oxygen atoms in total. The molecule has 1 aromatic carbocycles. The predicted octanol–water partition coefficient (Wildman–Crippen LogP) is 3.29. The van der Waals surface area contributed by atoms with E-state index in [0.717, 1.165) is 6.07 Å². The highest BCUT2D eigenvalue weighted by atomic mass is 19.4. The Hall–Kier alpha value is -2.66. The summed E-state index contributed by atoms with van der Waals surface area (Å²) in [4.78, 5) is 37.2. The van der Waals surface area contributed by atoms with Gasteiger partial charge >= 0.3 is 24.3 Å². The van der Waals surface area contributed by atoms with E-state index in [1.807, 2.05) is 0 Å². The molecule has 0 atom stereocenters. The maximum absolute atomic E-state index is 13.0. The molecule has 3 amide bonds. The monoisotopic (exact) mass is 418 g/mol. The van der Waals surface area contributed by atoms with E-state index in [4.69, 9.17) is 4.74 Å². The van der Waals surface area contributed by atoms with E-state index in [1.165, 1.54) is 0 Å². The molecule has 1 aliphatic heterocycles. The number of quaternary nitrogens is 1. The summed E-state index contributed by atoms with van der Waals surface area (Å²) in [5, 5.41) is 14.6. The molecular weight excluding hydrogens is 395 g/mol. The number of anilines is 1. The standard InChI is InChI=1S/C18H22F3N3O5/c1-17(2,3)29-16(28)24(8-6-22-7-9-24)15(27)23-13-5-4-11(18(19,20)21)10-12(13)14(25)26/h4-5,10,22H,6-9H2,1-3H3,(H-,23,25,26,27)/p+1. The van der Waals surface area contributed by atoms with Crippen molar-refractivity contribution in [2.24, 2.45) is 0 Å². The minimum absolute atomic E-state index is 0.0454. The zero-order valence-electron chi connectivity index (χ0n) is 16.2. The molecule has 1 heterocycles. The van der Waals surface area contributed by atoms with Gasteiger partial charge in [-0.2, -0.15) is 18.0 Å². The fraction of sp³-hybridized carbons (Fsp3) is 0.500. The number of ether oxygens (including phenoxy) is 1. The lowest BCUT2D eigenvalue weighted by molar-refractivity contribution is -0.778. The van der Waals surface area contributed by atoms with Crippen molar-refractivity contribution in [3.05, 3.63) is 29.3 Å². The number of hydrogen-bond acceptors (Lipinski definition) is 5. The number of nitrogens with zero attached hydrogens (tertiary/aromatic N) is 1. The lowest BCUT2D eigenvalue weighted by Gasteiger charge is -2.36. The summed E-state index contributed by atoms with van der Waals surface area (Å²) in [5.74, 6) is -1.64. The third-order valence-corrected chi connectivity index (χ3v) is 4.29. The Morgan fingerprint density at radius 2 is 1.72 bits per heavy atom. The van der Waals surface area contributed by atoms with E-state index in [-0.39, 0.29) is 18.8 Å². The Bertz CT molecular complexity index is 812. The topological polar surface area (TPSA) is 105 Å². The second-order valence-corrected chi connectivity index (χ2v) is 7.64. The number of carbonyl (C=O) groups excluding carboxylic acids is 2. The molecule has 0 radical (unpaired) electrons. The van der Waals surface area contributed by atoms with Crippen molar-refractivity contribution in [1.82, 2.24) is 5.32 Å². The van der Waals surface area contributed by atoms with Crippen LogP contribution < -0.4 is 10.6 Å². The lowest BCUT2D eigenvalue weighted by atomic mass is 10.1. The average Bonchev–Trinajstić information content (AvgIpc) is 2.59. The van der Waals surface area contributed by atoms with Crippen molar-refractivity contribution in [3.8, 4) is 0 Å². The molecule has 1 fully saturated rings. The summed E-state index contributed by atoms with van der Waals surface area (Å²) in [6, 6.07) is 1.09. The molecule has 1 aliphatic rings. The molecule has 29 heavy (non-hydrogen) atoms. The number of rotatable bonds is 2. The van der Waals surface area contributed by atoms with E-state index < -0.39 is 45.5 Å². The van der Waals surface area contributed by atoms with Crippen LogP contribution in [0.2, 0.25) is 0 Å². The summed E-state index contributed by atoms with van der Waals surface area (Å²) in [6.07, 6.45) is -5.56. The predicted molar refractivity (Wildman–Crippen MR) is 96.5 cm³/mol. The highest BCUT2D eigenvalue weighted by Gasteiger charge is 2.49. The van der Waals surface area contributed by atoms with Crippen molar-refractivity contribution in [2.75, 3.05) is 31.5 Å². The molecule has 1 saturated heterocycles. The van der Waals surface area contributed by atoms with Crippen LogP contribution in [-0.2, 0) is 10.9 Å². The molecule has 0 bridgehead atoms. The molecule has 160 valence electrons. The summed E-state index contributed by atoms with van der Waals surface area (Å²) < 4.78 is 43.3. The van der Waals surface area contributed by atoms with E-state index in [1.54, 1.807) is 20.8 Å². The van der Waals surface area contributed by atoms with Gasteiger partial charge in [0.25, 0.3) is 0 Å². The third kappa shape index (κ3) is 5.24. The molecule has 2 rings (SSSR count). The van der Waals surface area contributed by atoms with Gasteiger partial charge in [-0.05, 0) is 39.0 Å². The Morgan fingerprint density at radius 3 is 2.21 bits per heavy atom. The smallest absolute Gasteiger partial charge is 0.478 e. The van der Waals surface area contributed by atoms with Crippen LogP contribution in [0.1, 0.15) is 36.7 Å². The van der Waals surface area contributed by atoms with Crippen LogP contribution in [0.3, 0.4) is 0 Å². The largest absolute Gasteiger partial charge is 0.525 e. The number of amides is 3. The van der Waals surface area contributed by atoms with Crippen molar-refractivity contribution in [2.45, 2.75) is 32.5 Å². The van der Waals surface area contributed by atoms with Gasteiger partial charge in [-0.1, -0.05) is 0 Å². The quantitative estimate of drug-likeness (QED) is 0.637. The molecule has 0 aliphatic carbocycles. The van der Waals surface area contributed by atoms with Gasteiger partial charge in [0.2, 0.25) is 0 Å². The van der Waals surface area contributed by atoms with Gasteiger partial charge in [0.05, 0.1) is 16.8 Å². The van der Waals surface area contributed by atoms with Gasteiger partial charge < -0.3 is 15.2 Å². The Balaban J connectivity index is 2.39. The van der Waals surface area contributed by atoms with Crippen molar-refractivity contribution < 1.29 is 41.9 Å². The van der Waals surface area contributed by atoms with Gasteiger partial charge in [-0.25, -0.2) is 9.59 Å². The van der Waals surface area contributed by atoms with Gasteiger partial charge in [0.1, 0.15) is 18.7 Å². The molecule has 1 aromatic rings. The zero-order chi connectivity index (χ0) is 22.0. The molecular formula is C18H23F3N3O5+. The van der Waals surface area contributed by atoms with Crippen molar-refractivity contribution in [3.63, 3.8) is 0 Å². The molecule has 0 unspecified atom stereocenters. The highest BCUT2D eigenvalue weighted by Crippen LogP contribution is 2.32. The summed E-state index contributed by atoms with van der Waals surface area (Å²) in [5.41, 5.74) is -3.10. The Labute approximate surface area is 165 Å². The van der Waals surface area contributed by atoms with Gasteiger partial charge in [0.15, 0.2) is 0 Å². The van der Waals surface area contributed by atoms with Gasteiger partial charge in [-0.15, -0.1) is 4.48 Å². The second kappa shape index (κ2) is 7.99. The van der Waals surface area contributed by atoms with Gasteiger partial charge in [0, 0.05) is 13.1 Å². The zero-order valence-corrected chi connectivity index (χ0v) is 16.2. The normalized spacial score (nSPS) is 16.8.